The molecule has 36 heavy (non-hydrogen) atoms. The van der Waals surface area contributed by atoms with E-state index in [0.717, 1.165) is 37.3 Å². The molecule has 1 aliphatic carbocycles. The van der Waals surface area contributed by atoms with Gasteiger partial charge in [-0.15, -0.1) is 13.2 Å². The van der Waals surface area contributed by atoms with Crippen molar-refractivity contribution >= 4 is 23.5 Å². The van der Waals surface area contributed by atoms with Gasteiger partial charge >= 0.3 is 0 Å². The maximum Gasteiger partial charge on any atom is 0.0900 e. The summed E-state index contributed by atoms with van der Waals surface area (Å²) in [5.74, 6) is 0.539. The molecule has 0 saturated heterocycles. The topological polar surface area (TPSA) is 78.6 Å². The number of nitrogens with zero attached hydrogens (tertiary/aromatic N) is 3. The zero-order chi connectivity index (χ0) is 26.9. The standard InChI is InChI=1S/C20H33ClN4.C7H8N2.C2H4/c1-5-17(12-15(3)23-18-10-8-7-9-11-18)14-25(6-2)19-13-22-24-16(4)20(19)21;1-6(8)7-4-2-3-5-9-7;1-2/h13,17-18,23-24H,3-12,14H2,1-2H3;2-5H,1,8H2;1-2H2. The highest BCUT2D eigenvalue weighted by Gasteiger charge is 2.21. The Balaban J connectivity index is 0.000000491. The molecule has 1 atom stereocenters. The number of rotatable bonds is 10. The summed E-state index contributed by atoms with van der Waals surface area (Å²) in [4.78, 5) is 6.25. The number of hydrogen-bond acceptors (Lipinski definition) is 6. The summed E-state index contributed by atoms with van der Waals surface area (Å²) in [5.41, 5.74) is 12.2. The molecule has 7 heteroatoms. The van der Waals surface area contributed by atoms with Crippen molar-refractivity contribution in [2.75, 3.05) is 13.1 Å². The van der Waals surface area contributed by atoms with Crippen molar-refractivity contribution in [2.24, 2.45) is 16.8 Å². The van der Waals surface area contributed by atoms with Crippen molar-refractivity contribution in [2.45, 2.75) is 64.8 Å². The molecule has 2 heterocycles. The van der Waals surface area contributed by atoms with E-state index in [-0.39, 0.29) is 0 Å². The van der Waals surface area contributed by atoms with Crippen LogP contribution in [-0.4, -0.2) is 35.2 Å². The van der Waals surface area contributed by atoms with Gasteiger partial charge in [0.2, 0.25) is 0 Å². The van der Waals surface area contributed by atoms with Crippen LogP contribution in [0.25, 0.3) is 5.70 Å². The van der Waals surface area contributed by atoms with Crippen LogP contribution in [0.2, 0.25) is 0 Å². The van der Waals surface area contributed by atoms with E-state index in [1.807, 2.05) is 18.2 Å². The molecule has 198 valence electrons. The lowest BCUT2D eigenvalue weighted by Gasteiger charge is -2.32. The van der Waals surface area contributed by atoms with Crippen molar-refractivity contribution in [3.8, 4) is 0 Å². The lowest BCUT2D eigenvalue weighted by molar-refractivity contribution is 0.293. The fraction of sp³-hybridized carbons (Fsp3) is 0.448. The first-order valence-electron chi connectivity index (χ1n) is 12.8. The first-order chi connectivity index (χ1) is 17.3. The second kappa shape index (κ2) is 17.4. The third-order valence-electron chi connectivity index (χ3n) is 6.20. The van der Waals surface area contributed by atoms with Crippen LogP contribution < -0.4 is 16.5 Å². The zero-order valence-electron chi connectivity index (χ0n) is 22.2. The molecule has 1 aromatic rings. The van der Waals surface area contributed by atoms with E-state index < -0.39 is 0 Å². The Hall–Kier alpha value is -2.99. The molecule has 3 rings (SSSR count). The second-order valence-electron chi connectivity index (χ2n) is 8.89. The Kier molecular flexibility index (Phi) is 15.0. The van der Waals surface area contributed by atoms with Crippen LogP contribution in [0.5, 0.6) is 0 Å². The normalized spacial score (nSPS) is 15.9. The first kappa shape index (κ1) is 31.0. The van der Waals surface area contributed by atoms with Crippen molar-refractivity contribution in [1.82, 2.24) is 20.6 Å². The van der Waals surface area contributed by atoms with E-state index in [9.17, 15) is 0 Å². The number of nitrogens with two attached hydrogens (primary N) is 1. The molecule has 0 bridgehead atoms. The highest BCUT2D eigenvalue weighted by molar-refractivity contribution is 6.33. The minimum absolute atomic E-state index is 0.510. The van der Waals surface area contributed by atoms with E-state index in [0.29, 0.717) is 28.4 Å². The predicted octanol–water partition coefficient (Wildman–Crippen LogP) is 6.53. The van der Waals surface area contributed by atoms with E-state index in [1.165, 1.54) is 37.8 Å². The van der Waals surface area contributed by atoms with Crippen LogP contribution in [0.3, 0.4) is 0 Å². The van der Waals surface area contributed by atoms with Gasteiger partial charge in [-0.2, -0.15) is 5.10 Å². The fourth-order valence-electron chi connectivity index (χ4n) is 4.20. The smallest absolute Gasteiger partial charge is 0.0900 e. The van der Waals surface area contributed by atoms with E-state index in [2.05, 4.69) is 72.5 Å². The predicted molar refractivity (Wildman–Crippen MR) is 157 cm³/mol. The second-order valence-corrected chi connectivity index (χ2v) is 9.27. The minimum atomic E-state index is 0.510. The summed E-state index contributed by atoms with van der Waals surface area (Å²) in [6.07, 6.45) is 12.2. The van der Waals surface area contributed by atoms with Crippen molar-refractivity contribution in [3.63, 3.8) is 0 Å². The lowest BCUT2D eigenvalue weighted by atomic mass is 9.94. The van der Waals surface area contributed by atoms with Gasteiger partial charge in [0.15, 0.2) is 0 Å². The largest absolute Gasteiger partial charge is 0.397 e. The summed E-state index contributed by atoms with van der Waals surface area (Å²) in [6, 6.07) is 6.16. The van der Waals surface area contributed by atoms with Crippen LogP contribution in [0.4, 0.5) is 0 Å². The molecule has 1 aromatic heterocycles. The Morgan fingerprint density at radius 2 is 1.92 bits per heavy atom. The molecular formula is C29H45ClN6. The number of aromatic nitrogens is 1. The molecule has 0 amide bonds. The van der Waals surface area contributed by atoms with Gasteiger partial charge in [-0.1, -0.05) is 70.0 Å². The average Bonchev–Trinajstić information content (AvgIpc) is 2.91. The van der Waals surface area contributed by atoms with Crippen LogP contribution >= 0.6 is 11.6 Å². The summed E-state index contributed by atoms with van der Waals surface area (Å²) >= 11 is 6.42. The monoisotopic (exact) mass is 512 g/mol. The third kappa shape index (κ3) is 10.7. The van der Waals surface area contributed by atoms with Crippen LogP contribution in [0, 0.1) is 5.92 Å². The highest BCUT2D eigenvalue weighted by Crippen LogP contribution is 2.25. The molecule has 4 N–H and O–H groups in total. The quantitative estimate of drug-likeness (QED) is 0.311. The molecule has 6 nitrogen and oxygen atoms in total. The number of halogens is 1. The first-order valence-corrected chi connectivity index (χ1v) is 13.2. The van der Waals surface area contributed by atoms with Crippen molar-refractivity contribution < 1.29 is 0 Å². The molecule has 1 saturated carbocycles. The molecule has 0 spiro atoms. The van der Waals surface area contributed by atoms with Crippen LogP contribution in [0.1, 0.15) is 64.5 Å². The van der Waals surface area contributed by atoms with Gasteiger partial charge in [0.25, 0.3) is 0 Å². The highest BCUT2D eigenvalue weighted by atomic mass is 35.5. The maximum atomic E-state index is 6.42. The minimum Gasteiger partial charge on any atom is -0.397 e. The van der Waals surface area contributed by atoms with E-state index >= 15 is 0 Å². The van der Waals surface area contributed by atoms with Gasteiger partial charge in [0.1, 0.15) is 0 Å². The fourth-order valence-corrected chi connectivity index (χ4v) is 4.41. The summed E-state index contributed by atoms with van der Waals surface area (Å²) < 4.78 is 0. The Morgan fingerprint density at radius 1 is 1.22 bits per heavy atom. The van der Waals surface area contributed by atoms with Gasteiger partial charge in [0.05, 0.1) is 34.0 Å². The Bertz CT molecular complexity index is 886. The number of pyridine rings is 1. The zero-order valence-corrected chi connectivity index (χ0v) is 23.0. The third-order valence-corrected chi connectivity index (χ3v) is 6.62. The molecule has 0 radical (unpaired) electrons. The van der Waals surface area contributed by atoms with Crippen LogP contribution in [-0.2, 0) is 0 Å². The summed E-state index contributed by atoms with van der Waals surface area (Å²) in [7, 11) is 0. The summed E-state index contributed by atoms with van der Waals surface area (Å²) in [5, 5.41) is 8.47. The van der Waals surface area contributed by atoms with Gasteiger partial charge in [-0.05, 0) is 44.2 Å². The molecule has 1 fully saturated rings. The lowest BCUT2D eigenvalue weighted by Crippen LogP contribution is -2.34. The number of nitrogens with one attached hydrogen (secondary N) is 2. The van der Waals surface area contributed by atoms with Gasteiger partial charge in [-0.25, -0.2) is 0 Å². The average molecular weight is 513 g/mol. The van der Waals surface area contributed by atoms with E-state index in [4.69, 9.17) is 17.3 Å². The van der Waals surface area contributed by atoms with Crippen molar-refractivity contribution in [1.29, 1.82) is 0 Å². The van der Waals surface area contributed by atoms with Crippen molar-refractivity contribution in [3.05, 3.63) is 85.1 Å². The summed E-state index contributed by atoms with van der Waals surface area (Å²) in [6.45, 7) is 24.0. The van der Waals surface area contributed by atoms with Gasteiger partial charge in [-0.3, -0.25) is 10.4 Å². The molecule has 0 aromatic carbocycles. The number of hydrogen-bond donors (Lipinski definition) is 3. The number of allylic oxidation sites excluding steroid dienone is 3. The van der Waals surface area contributed by atoms with Gasteiger partial charge < -0.3 is 16.0 Å². The SMILES string of the molecule is C=C.C=C(CC(CC)CN(CC)C1=C(Cl)C(=C)NN=C1)NC1CCCCC1.C=C(N)c1ccccn1. The number of hydrazone groups is 1. The molecule has 1 aliphatic heterocycles. The Labute approximate surface area is 223 Å². The van der Waals surface area contributed by atoms with Gasteiger partial charge in [0, 0.05) is 31.0 Å². The van der Waals surface area contributed by atoms with Crippen LogP contribution in [0.15, 0.2) is 84.5 Å². The maximum absolute atomic E-state index is 6.42. The Morgan fingerprint density at radius 3 is 2.44 bits per heavy atom. The molecule has 2 aliphatic rings. The van der Waals surface area contributed by atoms with E-state index in [1.54, 1.807) is 12.4 Å². The molecule has 1 unspecified atom stereocenters. The molecular weight excluding hydrogens is 468 g/mol.